The standard InChI is InChI=1S/C15H16F2N2O/c16-8-4-9(17)11(5-10(8)18)19-15(20)14-12-6-1-2-7(3-6)13(12)14/h4-7,12-14H,1-3,18H2,(H,19,20). The molecule has 0 spiro atoms. The normalized spacial score (nSPS) is 36.8. The average Bonchev–Trinajstić information content (AvgIpc) is 2.85. The molecule has 4 unspecified atom stereocenters. The molecule has 0 heterocycles. The number of nitrogens with two attached hydrogens (primary N) is 1. The van der Waals surface area contributed by atoms with Crippen molar-refractivity contribution in [1.29, 1.82) is 0 Å². The summed E-state index contributed by atoms with van der Waals surface area (Å²) in [5.41, 5.74) is 5.23. The van der Waals surface area contributed by atoms with Crippen LogP contribution in [-0.4, -0.2) is 5.91 Å². The van der Waals surface area contributed by atoms with E-state index in [9.17, 15) is 13.6 Å². The first-order chi connectivity index (χ1) is 9.56. The van der Waals surface area contributed by atoms with Gasteiger partial charge in [-0.05, 0) is 49.0 Å². The van der Waals surface area contributed by atoms with Crippen molar-refractivity contribution < 1.29 is 13.6 Å². The maximum absolute atomic E-state index is 13.6. The molecule has 0 aromatic heterocycles. The highest BCUT2D eigenvalue weighted by Gasteiger charge is 2.67. The van der Waals surface area contributed by atoms with Crippen molar-refractivity contribution in [1.82, 2.24) is 0 Å². The third kappa shape index (κ3) is 1.58. The first kappa shape index (κ1) is 12.1. The number of fused-ring (bicyclic) bond motifs is 5. The zero-order valence-electron chi connectivity index (χ0n) is 10.9. The summed E-state index contributed by atoms with van der Waals surface area (Å²) < 4.78 is 26.7. The van der Waals surface area contributed by atoms with E-state index in [2.05, 4.69) is 5.32 Å². The molecular formula is C15H16F2N2O. The number of anilines is 2. The van der Waals surface area contributed by atoms with Gasteiger partial charge in [0.05, 0.1) is 11.4 Å². The molecule has 0 radical (unpaired) electrons. The number of carbonyl (C=O) groups excluding carboxylic acids is 1. The zero-order chi connectivity index (χ0) is 14.0. The molecule has 106 valence electrons. The number of hydrogen-bond donors (Lipinski definition) is 2. The monoisotopic (exact) mass is 278 g/mol. The number of halogens is 2. The van der Waals surface area contributed by atoms with E-state index in [0.717, 1.165) is 6.07 Å². The number of hydrogen-bond acceptors (Lipinski definition) is 2. The van der Waals surface area contributed by atoms with Crippen molar-refractivity contribution in [2.24, 2.45) is 29.6 Å². The van der Waals surface area contributed by atoms with Crippen LogP contribution in [0.5, 0.6) is 0 Å². The van der Waals surface area contributed by atoms with Crippen LogP contribution in [0.3, 0.4) is 0 Å². The summed E-state index contributed by atoms with van der Waals surface area (Å²) in [6.07, 6.45) is 3.72. The Labute approximate surface area is 115 Å². The molecule has 3 fully saturated rings. The molecule has 2 bridgehead atoms. The van der Waals surface area contributed by atoms with Gasteiger partial charge in [0.2, 0.25) is 5.91 Å². The van der Waals surface area contributed by atoms with E-state index < -0.39 is 11.6 Å². The largest absolute Gasteiger partial charge is 0.396 e. The molecule has 1 amide bonds. The summed E-state index contributed by atoms with van der Waals surface area (Å²) in [7, 11) is 0. The smallest absolute Gasteiger partial charge is 0.228 e. The Balaban J connectivity index is 1.51. The van der Waals surface area contributed by atoms with Gasteiger partial charge in [-0.2, -0.15) is 0 Å². The Morgan fingerprint density at radius 3 is 2.45 bits per heavy atom. The highest BCUT2D eigenvalue weighted by atomic mass is 19.1. The summed E-state index contributed by atoms with van der Waals surface area (Å²) in [6, 6.07) is 1.86. The molecule has 3 aliphatic carbocycles. The maximum atomic E-state index is 13.6. The van der Waals surface area contributed by atoms with Crippen LogP contribution >= 0.6 is 0 Å². The van der Waals surface area contributed by atoms with E-state index in [1.165, 1.54) is 19.3 Å². The summed E-state index contributed by atoms with van der Waals surface area (Å²) in [4.78, 5) is 12.2. The quantitative estimate of drug-likeness (QED) is 0.817. The van der Waals surface area contributed by atoms with Crippen LogP contribution in [0, 0.1) is 41.2 Å². The highest BCUT2D eigenvalue weighted by molar-refractivity contribution is 5.95. The predicted molar refractivity (Wildman–Crippen MR) is 70.7 cm³/mol. The minimum atomic E-state index is -0.804. The van der Waals surface area contributed by atoms with Gasteiger partial charge in [0.25, 0.3) is 0 Å². The van der Waals surface area contributed by atoms with Crippen molar-refractivity contribution in [3.63, 3.8) is 0 Å². The van der Waals surface area contributed by atoms with E-state index in [0.29, 0.717) is 29.7 Å². The topological polar surface area (TPSA) is 55.1 Å². The van der Waals surface area contributed by atoms with Gasteiger partial charge < -0.3 is 11.1 Å². The number of nitrogens with one attached hydrogen (secondary N) is 1. The molecule has 3 nitrogen and oxygen atoms in total. The number of amides is 1. The van der Waals surface area contributed by atoms with Gasteiger partial charge in [-0.25, -0.2) is 8.78 Å². The van der Waals surface area contributed by atoms with Crippen LogP contribution < -0.4 is 11.1 Å². The second-order valence-electron chi connectivity index (χ2n) is 6.36. The fourth-order valence-electron chi connectivity index (χ4n) is 4.55. The molecule has 1 aromatic carbocycles. The lowest BCUT2D eigenvalue weighted by atomic mass is 10.0. The van der Waals surface area contributed by atoms with E-state index in [1.807, 2.05) is 0 Å². The highest BCUT2D eigenvalue weighted by Crippen LogP contribution is 2.69. The molecule has 3 N–H and O–H groups in total. The third-order valence-corrected chi connectivity index (χ3v) is 5.38. The van der Waals surface area contributed by atoms with E-state index in [-0.39, 0.29) is 23.2 Å². The molecule has 5 heteroatoms. The Kier molecular flexibility index (Phi) is 2.38. The van der Waals surface area contributed by atoms with Crippen molar-refractivity contribution in [3.8, 4) is 0 Å². The molecule has 1 aromatic rings. The Morgan fingerprint density at radius 1 is 1.15 bits per heavy atom. The zero-order valence-corrected chi connectivity index (χ0v) is 10.9. The Hall–Kier alpha value is -1.65. The van der Waals surface area contributed by atoms with Crippen molar-refractivity contribution in [2.45, 2.75) is 19.3 Å². The van der Waals surface area contributed by atoms with Crippen LogP contribution in [0.15, 0.2) is 12.1 Å². The second-order valence-corrected chi connectivity index (χ2v) is 6.36. The molecule has 3 aliphatic rings. The predicted octanol–water partition coefficient (Wildman–Crippen LogP) is 2.78. The van der Waals surface area contributed by atoms with Crippen LogP contribution in [0.25, 0.3) is 0 Å². The summed E-state index contributed by atoms with van der Waals surface area (Å²) in [5, 5.41) is 2.58. The summed E-state index contributed by atoms with van der Waals surface area (Å²) in [6.45, 7) is 0. The first-order valence-corrected chi connectivity index (χ1v) is 7.11. The molecule has 4 rings (SSSR count). The molecular weight excluding hydrogens is 262 g/mol. The van der Waals surface area contributed by atoms with E-state index >= 15 is 0 Å². The van der Waals surface area contributed by atoms with Crippen molar-refractivity contribution in [2.75, 3.05) is 11.1 Å². The fourth-order valence-corrected chi connectivity index (χ4v) is 4.55. The van der Waals surface area contributed by atoms with Gasteiger partial charge in [0.1, 0.15) is 11.6 Å². The third-order valence-electron chi connectivity index (χ3n) is 5.38. The fraction of sp³-hybridized carbons (Fsp3) is 0.533. The van der Waals surface area contributed by atoms with Crippen LogP contribution in [0.1, 0.15) is 19.3 Å². The lowest BCUT2D eigenvalue weighted by Crippen LogP contribution is -2.19. The average molecular weight is 278 g/mol. The summed E-state index contributed by atoms with van der Waals surface area (Å²) >= 11 is 0. The van der Waals surface area contributed by atoms with Gasteiger partial charge in [-0.15, -0.1) is 0 Å². The van der Waals surface area contributed by atoms with Crippen LogP contribution in [0.2, 0.25) is 0 Å². The van der Waals surface area contributed by atoms with Gasteiger partial charge in [-0.1, -0.05) is 0 Å². The Bertz CT molecular complexity index is 588. The van der Waals surface area contributed by atoms with Gasteiger partial charge in [0, 0.05) is 12.0 Å². The number of carbonyl (C=O) groups is 1. The number of nitrogen functional groups attached to an aromatic ring is 1. The second kappa shape index (κ2) is 3.93. The number of rotatable bonds is 2. The first-order valence-electron chi connectivity index (χ1n) is 7.11. The van der Waals surface area contributed by atoms with Gasteiger partial charge >= 0.3 is 0 Å². The lowest BCUT2D eigenvalue weighted by Gasteiger charge is -2.11. The number of benzene rings is 1. The lowest BCUT2D eigenvalue weighted by molar-refractivity contribution is -0.118. The van der Waals surface area contributed by atoms with Crippen LogP contribution in [-0.2, 0) is 4.79 Å². The van der Waals surface area contributed by atoms with Crippen molar-refractivity contribution >= 4 is 17.3 Å². The summed E-state index contributed by atoms with van der Waals surface area (Å²) in [5.74, 6) is 0.658. The van der Waals surface area contributed by atoms with Gasteiger partial charge in [-0.3, -0.25) is 4.79 Å². The van der Waals surface area contributed by atoms with Crippen molar-refractivity contribution in [3.05, 3.63) is 23.8 Å². The Morgan fingerprint density at radius 2 is 1.80 bits per heavy atom. The van der Waals surface area contributed by atoms with Crippen LogP contribution in [0.4, 0.5) is 20.2 Å². The van der Waals surface area contributed by atoms with E-state index in [4.69, 9.17) is 5.73 Å². The molecule has 4 atom stereocenters. The van der Waals surface area contributed by atoms with Gasteiger partial charge in [0.15, 0.2) is 0 Å². The maximum Gasteiger partial charge on any atom is 0.228 e. The molecule has 20 heavy (non-hydrogen) atoms. The molecule has 0 aliphatic heterocycles. The SMILES string of the molecule is Nc1cc(NC(=O)C2C3C4CCC(C4)C23)c(F)cc1F. The molecule has 3 saturated carbocycles. The van der Waals surface area contributed by atoms with E-state index in [1.54, 1.807) is 0 Å². The minimum Gasteiger partial charge on any atom is -0.396 e. The molecule has 0 saturated heterocycles. The minimum absolute atomic E-state index is 0.0203.